The maximum Gasteiger partial charge on any atom is 0.414 e. The summed E-state index contributed by atoms with van der Waals surface area (Å²) >= 11 is 0. The van der Waals surface area contributed by atoms with Crippen LogP contribution in [0.15, 0.2) is 66.9 Å². The molecule has 4 aromatic rings. The zero-order valence-corrected chi connectivity index (χ0v) is 25.0. The molecule has 2 heterocycles. The number of esters is 1. The number of anilines is 2. The van der Waals surface area contributed by atoms with Gasteiger partial charge in [0.25, 0.3) is 5.91 Å². The first kappa shape index (κ1) is 33.7. The Balaban J connectivity index is 0.000000838. The van der Waals surface area contributed by atoms with Crippen molar-refractivity contribution in [3.8, 4) is 0 Å². The van der Waals surface area contributed by atoms with Crippen molar-refractivity contribution >= 4 is 52.3 Å². The van der Waals surface area contributed by atoms with Crippen molar-refractivity contribution in [1.29, 1.82) is 5.41 Å². The number of carbonyl (C=O) groups excluding carboxylic acids is 2. The maximum absolute atomic E-state index is 13.5. The molecule has 2 aromatic carbocycles. The Morgan fingerprint density at radius 3 is 2.20 bits per heavy atom. The van der Waals surface area contributed by atoms with Crippen LogP contribution in [0.2, 0.25) is 0 Å². The van der Waals surface area contributed by atoms with Gasteiger partial charge in [0.15, 0.2) is 0 Å². The molecule has 2 aromatic heterocycles. The Kier molecular flexibility index (Phi) is 12.1. The van der Waals surface area contributed by atoms with Crippen LogP contribution in [0.4, 0.5) is 11.5 Å². The number of nitrogens with zero attached hydrogens (tertiary/aromatic N) is 4. The number of aliphatic carboxylic acids is 2. The van der Waals surface area contributed by atoms with Gasteiger partial charge in [-0.05, 0) is 68.4 Å². The van der Waals surface area contributed by atoms with E-state index in [1.54, 1.807) is 43.5 Å². The number of aryl methyl sites for hydroxylation is 1. The molecule has 0 atom stereocenters. The summed E-state index contributed by atoms with van der Waals surface area (Å²) in [4.78, 5) is 54.3. The van der Waals surface area contributed by atoms with Crippen LogP contribution in [0, 0.1) is 5.41 Å². The largest absolute Gasteiger partial charge is 0.478 e. The second-order valence-corrected chi connectivity index (χ2v) is 9.29. The lowest BCUT2D eigenvalue weighted by atomic mass is 10.1. The number of carbonyl (C=O) groups is 4. The van der Waals surface area contributed by atoms with Crippen LogP contribution < -0.4 is 10.2 Å². The summed E-state index contributed by atoms with van der Waals surface area (Å²) in [6, 6.07) is 18.2. The number of rotatable bonds is 11. The Bertz CT molecular complexity index is 1640. The predicted octanol–water partition coefficient (Wildman–Crippen LogP) is 3.70. The van der Waals surface area contributed by atoms with E-state index in [0.29, 0.717) is 35.6 Å². The highest BCUT2D eigenvalue weighted by Gasteiger charge is 2.21. The van der Waals surface area contributed by atoms with Crippen LogP contribution in [-0.2, 0) is 37.4 Å². The molecule has 45 heavy (non-hydrogen) atoms. The number of fused-ring (bicyclic) bond motifs is 1. The molecule has 14 nitrogen and oxygen atoms in total. The second-order valence-electron chi connectivity index (χ2n) is 9.29. The summed E-state index contributed by atoms with van der Waals surface area (Å²) in [5.41, 5.74) is 3.62. The van der Waals surface area contributed by atoms with Crippen molar-refractivity contribution in [1.82, 2.24) is 14.5 Å². The van der Waals surface area contributed by atoms with Gasteiger partial charge in [0.05, 0.1) is 37.2 Å². The van der Waals surface area contributed by atoms with Gasteiger partial charge < -0.3 is 29.6 Å². The third kappa shape index (κ3) is 9.35. The maximum atomic E-state index is 13.5. The first-order chi connectivity index (χ1) is 21.5. The number of hydrogen-bond donors (Lipinski definition) is 4. The van der Waals surface area contributed by atoms with E-state index < -0.39 is 11.9 Å². The summed E-state index contributed by atoms with van der Waals surface area (Å²) in [6.07, 6.45) is 1.67. The highest BCUT2D eigenvalue weighted by Crippen LogP contribution is 2.21. The topological polar surface area (TPSA) is 197 Å². The van der Waals surface area contributed by atoms with Gasteiger partial charge in [-0.15, -0.1) is 0 Å². The van der Waals surface area contributed by atoms with Crippen LogP contribution in [0.5, 0.6) is 0 Å². The Labute approximate surface area is 258 Å². The van der Waals surface area contributed by atoms with Crippen molar-refractivity contribution in [3.63, 3.8) is 0 Å². The average Bonchev–Trinajstić information content (AvgIpc) is 3.35. The average molecular weight is 619 g/mol. The lowest BCUT2D eigenvalue weighted by molar-refractivity contribution is -0.159. The first-order valence-electron chi connectivity index (χ1n) is 13.9. The van der Waals surface area contributed by atoms with Gasteiger partial charge in [0.2, 0.25) is 5.90 Å². The number of hydrogen-bond acceptors (Lipinski definition) is 10. The predicted molar refractivity (Wildman–Crippen MR) is 165 cm³/mol. The van der Waals surface area contributed by atoms with Crippen LogP contribution >= 0.6 is 0 Å². The van der Waals surface area contributed by atoms with E-state index >= 15 is 0 Å². The molecule has 4 N–H and O–H groups in total. The fourth-order valence-corrected chi connectivity index (χ4v) is 4.11. The molecule has 0 radical (unpaired) electrons. The van der Waals surface area contributed by atoms with Crippen molar-refractivity contribution in [2.24, 2.45) is 7.05 Å². The lowest BCUT2D eigenvalue weighted by Gasteiger charge is -2.21. The number of carboxylic acids is 2. The third-order valence-electron chi connectivity index (χ3n) is 6.31. The Morgan fingerprint density at radius 2 is 1.60 bits per heavy atom. The second kappa shape index (κ2) is 16.2. The molecule has 0 aliphatic carbocycles. The fourth-order valence-electron chi connectivity index (χ4n) is 4.11. The van der Waals surface area contributed by atoms with Gasteiger partial charge in [-0.2, -0.15) is 0 Å². The van der Waals surface area contributed by atoms with E-state index in [1.807, 2.05) is 48.9 Å². The number of carboxylic acid groups (broad SMARTS) is 2. The monoisotopic (exact) mass is 618 g/mol. The quantitative estimate of drug-likeness (QED) is 0.0828. The van der Waals surface area contributed by atoms with Gasteiger partial charge in [-0.3, -0.25) is 19.9 Å². The molecule has 0 saturated heterocycles. The molecular formula is C31H34N6O8. The number of benzene rings is 2. The van der Waals surface area contributed by atoms with Crippen LogP contribution in [0.1, 0.15) is 42.0 Å². The molecule has 236 valence electrons. The molecule has 0 saturated carbocycles. The minimum atomic E-state index is -1.82. The minimum Gasteiger partial charge on any atom is -0.478 e. The molecule has 1 amide bonds. The zero-order chi connectivity index (χ0) is 32.9. The smallest absolute Gasteiger partial charge is 0.414 e. The number of amides is 1. The Morgan fingerprint density at radius 1 is 0.933 bits per heavy atom. The summed E-state index contributed by atoms with van der Waals surface area (Å²) in [6.45, 7) is 4.95. The lowest BCUT2D eigenvalue weighted by Crippen LogP contribution is -2.34. The van der Waals surface area contributed by atoms with Gasteiger partial charge in [-0.25, -0.2) is 19.6 Å². The number of imidazole rings is 1. The van der Waals surface area contributed by atoms with Crippen molar-refractivity contribution in [2.45, 2.75) is 26.8 Å². The molecular weight excluding hydrogens is 584 g/mol. The molecule has 0 spiro atoms. The van der Waals surface area contributed by atoms with E-state index in [1.165, 1.54) is 4.90 Å². The zero-order valence-electron chi connectivity index (χ0n) is 25.0. The van der Waals surface area contributed by atoms with Crippen LogP contribution in [0.3, 0.4) is 0 Å². The number of ether oxygens (including phenoxy) is 2. The molecule has 0 bridgehead atoms. The molecule has 4 rings (SSSR count). The fraction of sp³-hybridized carbons (Fsp3) is 0.258. The summed E-state index contributed by atoms with van der Waals surface area (Å²) < 4.78 is 12.3. The first-order valence-corrected chi connectivity index (χ1v) is 13.9. The number of pyridine rings is 1. The van der Waals surface area contributed by atoms with Crippen molar-refractivity contribution < 1.29 is 38.9 Å². The minimum absolute atomic E-state index is 0.0611. The molecule has 0 aliphatic heterocycles. The van der Waals surface area contributed by atoms with Gasteiger partial charge >= 0.3 is 17.9 Å². The van der Waals surface area contributed by atoms with Gasteiger partial charge in [-0.1, -0.05) is 6.07 Å². The van der Waals surface area contributed by atoms with Crippen LogP contribution in [0.25, 0.3) is 11.0 Å². The Hall–Kier alpha value is -5.79. The number of aromatic nitrogens is 3. The number of nitrogens with one attached hydrogen (secondary N) is 2. The standard InChI is InChI=1S/C29H32N6O4.C2H2O4/c1-4-38-27(36)15-17-35(25-8-6-7-16-31-25)29(37)21-11-14-24-23(18-21)33-26(34(24)3)19-32-22-12-9-20(10-13-22)28(30)39-5-2;3-1(4)2(5)6/h6-14,16,18,30,32H,4-5,15,17,19H2,1-3H3;(H,3,4)(H,5,6). The summed E-state index contributed by atoms with van der Waals surface area (Å²) in [7, 11) is 1.93. The third-order valence-corrected chi connectivity index (χ3v) is 6.31. The summed E-state index contributed by atoms with van der Waals surface area (Å²) in [5, 5.41) is 26.0. The van der Waals surface area contributed by atoms with E-state index in [4.69, 9.17) is 39.7 Å². The van der Waals surface area contributed by atoms with E-state index in [-0.39, 0.29) is 37.3 Å². The van der Waals surface area contributed by atoms with E-state index in [2.05, 4.69) is 10.3 Å². The van der Waals surface area contributed by atoms with E-state index in [9.17, 15) is 9.59 Å². The van der Waals surface area contributed by atoms with Gasteiger partial charge in [0.1, 0.15) is 11.6 Å². The molecule has 0 unspecified atom stereocenters. The van der Waals surface area contributed by atoms with Gasteiger partial charge in [0, 0.05) is 36.6 Å². The highest BCUT2D eigenvalue weighted by molar-refractivity contribution is 6.27. The van der Waals surface area contributed by atoms with Crippen molar-refractivity contribution in [3.05, 3.63) is 83.8 Å². The molecule has 14 heteroatoms. The highest BCUT2D eigenvalue weighted by atomic mass is 16.5. The van der Waals surface area contributed by atoms with Crippen LogP contribution in [-0.4, -0.2) is 74.2 Å². The molecule has 0 aliphatic rings. The normalized spacial score (nSPS) is 10.3. The molecule has 0 fully saturated rings. The summed E-state index contributed by atoms with van der Waals surface area (Å²) in [5.74, 6) is -2.89. The van der Waals surface area contributed by atoms with Crippen molar-refractivity contribution in [2.75, 3.05) is 30.0 Å². The van der Waals surface area contributed by atoms with E-state index in [0.717, 1.165) is 17.0 Å². The SMILES string of the molecule is CCOC(=N)c1ccc(NCc2nc3cc(C(=O)N(CCC(=O)OCC)c4ccccn4)ccc3n2C)cc1.O=C(O)C(=O)O.